The number of rotatable bonds is 4. The highest BCUT2D eigenvalue weighted by atomic mass is 35.5. The molecule has 0 radical (unpaired) electrons. The molecule has 0 aliphatic carbocycles. The van der Waals surface area contributed by atoms with Gasteiger partial charge in [0, 0.05) is 22.9 Å². The fourth-order valence-corrected chi connectivity index (χ4v) is 5.99. The van der Waals surface area contributed by atoms with Crippen molar-refractivity contribution in [2.24, 2.45) is 0 Å². The molecule has 28 heavy (non-hydrogen) atoms. The zero-order valence-corrected chi connectivity index (χ0v) is 17.2. The zero-order valence-electron chi connectivity index (χ0n) is 14.8. The summed E-state index contributed by atoms with van der Waals surface area (Å²) in [7, 11) is -3.68. The van der Waals surface area contributed by atoms with E-state index in [4.69, 9.17) is 16.0 Å². The summed E-state index contributed by atoms with van der Waals surface area (Å²) < 4.78 is 32.6. The number of hydrogen-bond acceptors (Lipinski definition) is 6. The molecule has 1 amide bonds. The van der Waals surface area contributed by atoms with Gasteiger partial charge in [0.2, 0.25) is 10.0 Å². The molecule has 0 fully saturated rings. The van der Waals surface area contributed by atoms with E-state index in [9.17, 15) is 13.2 Å². The van der Waals surface area contributed by atoms with E-state index in [-0.39, 0.29) is 17.2 Å². The van der Waals surface area contributed by atoms with Gasteiger partial charge in [0.1, 0.15) is 0 Å². The summed E-state index contributed by atoms with van der Waals surface area (Å²) in [6.07, 6.45) is 1.89. The molecule has 10 heteroatoms. The van der Waals surface area contributed by atoms with E-state index < -0.39 is 15.9 Å². The Labute approximate surface area is 171 Å². The van der Waals surface area contributed by atoms with Gasteiger partial charge in [-0.25, -0.2) is 13.4 Å². The van der Waals surface area contributed by atoms with Crippen molar-refractivity contribution in [1.29, 1.82) is 0 Å². The third kappa shape index (κ3) is 3.46. The Balaban J connectivity index is 1.56. The minimum atomic E-state index is -3.68. The van der Waals surface area contributed by atoms with Crippen LogP contribution in [0.5, 0.6) is 0 Å². The summed E-state index contributed by atoms with van der Waals surface area (Å²) in [6, 6.07) is 8.05. The maximum absolute atomic E-state index is 13.1. The molecule has 0 saturated carbocycles. The molecule has 2 aromatic heterocycles. The van der Waals surface area contributed by atoms with Crippen molar-refractivity contribution in [2.45, 2.75) is 24.8 Å². The van der Waals surface area contributed by atoms with Gasteiger partial charge in [-0.2, -0.15) is 4.31 Å². The topological polar surface area (TPSA) is 92.5 Å². The van der Waals surface area contributed by atoms with Gasteiger partial charge >= 0.3 is 0 Å². The summed E-state index contributed by atoms with van der Waals surface area (Å²) >= 11 is 7.36. The van der Waals surface area contributed by atoms with Crippen LogP contribution < -0.4 is 5.32 Å². The first kappa shape index (κ1) is 19.1. The summed E-state index contributed by atoms with van der Waals surface area (Å²) in [5, 5.41) is 3.53. The summed E-state index contributed by atoms with van der Waals surface area (Å²) in [6.45, 7) is 2.22. The Kier molecular flexibility index (Phi) is 5.00. The molecular weight excluding hydrogens is 422 g/mol. The lowest BCUT2D eigenvalue weighted by Gasteiger charge is -2.26. The van der Waals surface area contributed by atoms with E-state index in [1.54, 1.807) is 37.3 Å². The number of carbonyl (C=O) groups is 1. The van der Waals surface area contributed by atoms with E-state index in [1.807, 2.05) is 0 Å². The number of benzene rings is 1. The Morgan fingerprint density at radius 2 is 2.14 bits per heavy atom. The zero-order chi connectivity index (χ0) is 19.9. The summed E-state index contributed by atoms with van der Waals surface area (Å²) in [5.74, 6) is -0.205. The number of nitrogens with one attached hydrogen (secondary N) is 1. The van der Waals surface area contributed by atoms with Gasteiger partial charge in [-0.15, -0.1) is 11.3 Å². The molecule has 1 aromatic carbocycles. The van der Waals surface area contributed by atoms with Crippen molar-refractivity contribution >= 4 is 44.0 Å². The minimum Gasteiger partial charge on any atom is -0.459 e. The number of fused-ring (bicyclic) bond motifs is 1. The van der Waals surface area contributed by atoms with E-state index >= 15 is 0 Å². The predicted octanol–water partition coefficient (Wildman–Crippen LogP) is 3.70. The minimum absolute atomic E-state index is 0.189. The van der Waals surface area contributed by atoms with Gasteiger partial charge in [0.15, 0.2) is 10.9 Å². The van der Waals surface area contributed by atoms with Crippen molar-refractivity contribution in [3.63, 3.8) is 0 Å². The van der Waals surface area contributed by atoms with Crippen LogP contribution in [0.3, 0.4) is 0 Å². The number of amides is 1. The highest BCUT2D eigenvalue weighted by Crippen LogP contribution is 2.33. The number of carbonyl (C=O) groups excluding carboxylic acids is 1. The first-order valence-electron chi connectivity index (χ1n) is 8.45. The lowest BCUT2D eigenvalue weighted by Crippen LogP contribution is -2.35. The van der Waals surface area contributed by atoms with Crippen LogP contribution in [-0.4, -0.2) is 30.2 Å². The average molecular weight is 438 g/mol. The normalized spacial score (nSPS) is 14.6. The lowest BCUT2D eigenvalue weighted by atomic mass is 10.2. The molecule has 3 heterocycles. The Morgan fingerprint density at radius 1 is 1.32 bits per heavy atom. The number of furan rings is 1. The van der Waals surface area contributed by atoms with Crippen LogP contribution in [0.25, 0.3) is 0 Å². The highest BCUT2D eigenvalue weighted by Gasteiger charge is 2.32. The quantitative estimate of drug-likeness (QED) is 0.671. The standard InChI is InChI=1S/C18H16ClN3O4S2/c1-11-12(19)4-2-6-16(11)28(24,25)22-8-7-13-15(10-22)27-18(20-13)21-17(23)14-5-3-9-26-14/h2-6,9H,7-8,10H2,1H3,(H,20,21,23). The smallest absolute Gasteiger partial charge is 0.293 e. The van der Waals surface area contributed by atoms with Gasteiger partial charge in [-0.05, 0) is 36.8 Å². The highest BCUT2D eigenvalue weighted by molar-refractivity contribution is 7.89. The van der Waals surface area contributed by atoms with Gasteiger partial charge in [0.05, 0.1) is 23.4 Å². The SMILES string of the molecule is Cc1c(Cl)cccc1S(=O)(=O)N1CCc2nc(NC(=O)c3ccco3)sc2C1. The van der Waals surface area contributed by atoms with Crippen molar-refractivity contribution in [1.82, 2.24) is 9.29 Å². The maximum atomic E-state index is 13.1. The third-order valence-electron chi connectivity index (χ3n) is 4.50. The lowest BCUT2D eigenvalue weighted by molar-refractivity contribution is 0.0996. The fraction of sp³-hybridized carbons (Fsp3) is 0.222. The summed E-state index contributed by atoms with van der Waals surface area (Å²) in [5.41, 5.74) is 1.33. The van der Waals surface area contributed by atoms with Gasteiger partial charge in [-0.3, -0.25) is 10.1 Å². The number of aromatic nitrogens is 1. The largest absolute Gasteiger partial charge is 0.459 e. The van der Waals surface area contributed by atoms with Crippen molar-refractivity contribution in [2.75, 3.05) is 11.9 Å². The van der Waals surface area contributed by atoms with Crippen LogP contribution >= 0.6 is 22.9 Å². The molecule has 1 aliphatic rings. The molecule has 0 spiro atoms. The van der Waals surface area contributed by atoms with Crippen LogP contribution in [0.15, 0.2) is 45.9 Å². The van der Waals surface area contributed by atoms with Crippen LogP contribution in [0.4, 0.5) is 5.13 Å². The number of thiazole rings is 1. The van der Waals surface area contributed by atoms with Crippen molar-refractivity contribution < 1.29 is 17.6 Å². The van der Waals surface area contributed by atoms with Crippen molar-refractivity contribution in [3.8, 4) is 0 Å². The number of sulfonamides is 1. The number of halogens is 1. The number of hydrogen-bond donors (Lipinski definition) is 1. The predicted molar refractivity (Wildman–Crippen MR) is 106 cm³/mol. The fourth-order valence-electron chi connectivity index (χ4n) is 3.00. The first-order chi connectivity index (χ1) is 13.4. The van der Waals surface area contributed by atoms with E-state index in [0.29, 0.717) is 28.7 Å². The molecule has 4 rings (SSSR count). The van der Waals surface area contributed by atoms with Gasteiger partial charge in [-0.1, -0.05) is 17.7 Å². The van der Waals surface area contributed by atoms with Gasteiger partial charge < -0.3 is 4.42 Å². The van der Waals surface area contributed by atoms with Gasteiger partial charge in [0.25, 0.3) is 5.91 Å². The molecule has 1 aliphatic heterocycles. The molecular formula is C18H16ClN3O4S2. The Hall–Kier alpha value is -2.20. The van der Waals surface area contributed by atoms with Crippen LogP contribution in [0.1, 0.15) is 26.7 Å². The molecule has 0 atom stereocenters. The summed E-state index contributed by atoms with van der Waals surface area (Å²) in [4.78, 5) is 17.6. The molecule has 146 valence electrons. The second-order valence-electron chi connectivity index (χ2n) is 6.27. The van der Waals surface area contributed by atoms with Crippen molar-refractivity contribution in [3.05, 3.63) is 63.5 Å². The Morgan fingerprint density at radius 3 is 2.89 bits per heavy atom. The second kappa shape index (κ2) is 7.32. The number of anilines is 1. The monoisotopic (exact) mass is 437 g/mol. The third-order valence-corrected chi connectivity index (χ3v) is 7.89. The van der Waals surface area contributed by atoms with Crippen LogP contribution in [-0.2, 0) is 23.0 Å². The first-order valence-corrected chi connectivity index (χ1v) is 11.1. The molecule has 3 aromatic rings. The molecule has 1 N–H and O–H groups in total. The Bertz CT molecular complexity index is 1140. The molecule has 7 nitrogen and oxygen atoms in total. The van der Waals surface area contributed by atoms with Crippen LogP contribution in [0, 0.1) is 6.92 Å². The molecule has 0 bridgehead atoms. The van der Waals surface area contributed by atoms with E-state index in [1.165, 1.54) is 21.9 Å². The number of nitrogens with zero attached hydrogens (tertiary/aromatic N) is 2. The van der Waals surface area contributed by atoms with Crippen LogP contribution in [0.2, 0.25) is 5.02 Å². The van der Waals surface area contributed by atoms with E-state index in [0.717, 1.165) is 10.6 Å². The maximum Gasteiger partial charge on any atom is 0.293 e. The molecule has 0 saturated heterocycles. The van der Waals surface area contributed by atoms with E-state index in [2.05, 4.69) is 10.3 Å². The average Bonchev–Trinajstić information content (AvgIpc) is 3.32. The molecule has 0 unspecified atom stereocenters. The second-order valence-corrected chi connectivity index (χ2v) is 9.67.